The van der Waals surface area contributed by atoms with Crippen LogP contribution in [0.1, 0.15) is 25.7 Å². The molecule has 1 fully saturated rings. The van der Waals surface area contributed by atoms with E-state index in [2.05, 4.69) is 15.2 Å². The summed E-state index contributed by atoms with van der Waals surface area (Å²) >= 11 is 0. The molecule has 1 N–H and O–H groups in total. The van der Waals surface area contributed by atoms with Gasteiger partial charge in [0, 0.05) is 30.2 Å². The van der Waals surface area contributed by atoms with Gasteiger partial charge in [-0.3, -0.25) is 0 Å². The zero-order chi connectivity index (χ0) is 20.5. The number of aromatic nitrogens is 4. The average Bonchev–Trinajstić information content (AvgIpc) is 3.24. The first-order valence-corrected chi connectivity index (χ1v) is 10.1. The highest BCUT2D eigenvalue weighted by Crippen LogP contribution is 2.33. The molecular weight excluding hydrogens is 383 g/mol. The Morgan fingerprint density at radius 1 is 1.00 bits per heavy atom. The molecule has 4 aromatic rings. The number of hydrogen-bond donors (Lipinski definition) is 1. The van der Waals surface area contributed by atoms with Crippen LogP contribution in [0.5, 0.6) is 11.6 Å². The van der Waals surface area contributed by atoms with Crippen LogP contribution in [0, 0.1) is 0 Å². The number of pyridine rings is 1. The summed E-state index contributed by atoms with van der Waals surface area (Å²) in [7, 11) is 0. The van der Waals surface area contributed by atoms with Crippen LogP contribution < -0.4 is 4.74 Å². The Balaban J connectivity index is 1.36. The minimum Gasteiger partial charge on any atom is -0.507 e. The van der Waals surface area contributed by atoms with Crippen LogP contribution in [0.15, 0.2) is 61.1 Å². The first kappa shape index (κ1) is 18.5. The smallest absolute Gasteiger partial charge is 0.233 e. The molecule has 0 radical (unpaired) electrons. The Morgan fingerprint density at radius 2 is 1.87 bits per heavy atom. The van der Waals surface area contributed by atoms with Crippen molar-refractivity contribution in [3.05, 3.63) is 61.1 Å². The fourth-order valence-electron chi connectivity index (χ4n) is 3.88. The minimum absolute atomic E-state index is 0.109. The Kier molecular flexibility index (Phi) is 4.78. The van der Waals surface area contributed by atoms with Crippen LogP contribution in [0.25, 0.3) is 28.0 Å². The molecule has 0 amide bonds. The fraction of sp³-hybridized carbons (Fsp3) is 0.261. The van der Waals surface area contributed by atoms with Crippen molar-refractivity contribution >= 4 is 5.65 Å². The highest BCUT2D eigenvalue weighted by atomic mass is 19.1. The Morgan fingerprint density at radius 3 is 2.67 bits per heavy atom. The average molecular weight is 404 g/mol. The maximum absolute atomic E-state index is 14.0. The summed E-state index contributed by atoms with van der Waals surface area (Å²) in [4.78, 5) is 4.24. The number of hydrogen-bond acceptors (Lipinski definition) is 5. The van der Waals surface area contributed by atoms with E-state index in [1.807, 2.05) is 41.1 Å². The number of rotatable bonds is 4. The number of halogens is 1. The van der Waals surface area contributed by atoms with Crippen molar-refractivity contribution in [3.63, 3.8) is 0 Å². The van der Waals surface area contributed by atoms with E-state index in [0.717, 1.165) is 29.6 Å². The molecule has 7 heteroatoms. The van der Waals surface area contributed by atoms with Gasteiger partial charge in [0.25, 0.3) is 0 Å². The number of alkyl halides is 1. The van der Waals surface area contributed by atoms with Gasteiger partial charge in [0.15, 0.2) is 0 Å². The summed E-state index contributed by atoms with van der Waals surface area (Å²) in [6.07, 6.45) is 7.26. The molecule has 0 aliphatic heterocycles. The molecule has 0 spiro atoms. The molecule has 3 heterocycles. The Hall–Kier alpha value is -3.48. The van der Waals surface area contributed by atoms with E-state index < -0.39 is 12.3 Å². The number of aromatic hydroxyl groups is 1. The van der Waals surface area contributed by atoms with Crippen LogP contribution in [0.4, 0.5) is 4.39 Å². The molecule has 5 rings (SSSR count). The second kappa shape index (κ2) is 7.74. The Bertz CT molecular complexity index is 1180. The summed E-state index contributed by atoms with van der Waals surface area (Å²) in [5, 5.41) is 18.8. The van der Waals surface area contributed by atoms with Crippen molar-refractivity contribution < 1.29 is 14.2 Å². The molecule has 30 heavy (non-hydrogen) atoms. The number of benzene rings is 1. The lowest BCUT2D eigenvalue weighted by atomic mass is 9.96. The molecule has 0 unspecified atom stereocenters. The zero-order valence-electron chi connectivity index (χ0n) is 16.3. The van der Waals surface area contributed by atoms with E-state index in [-0.39, 0.29) is 5.75 Å². The molecule has 1 aliphatic rings. The summed E-state index contributed by atoms with van der Waals surface area (Å²) in [5.41, 5.74) is 3.81. The normalized spacial score (nSPS) is 19.1. The topological polar surface area (TPSA) is 72.5 Å². The number of ether oxygens (including phenoxy) is 1. The lowest BCUT2D eigenvalue weighted by Crippen LogP contribution is -2.32. The SMILES string of the molecule is Oc1cc(-c2ccc3nccn3c2)ccc1-c1ccc(O[C@H]2CCCC[C@H]2F)nn1. The van der Waals surface area contributed by atoms with Crippen LogP contribution in [0.2, 0.25) is 0 Å². The Labute approximate surface area is 173 Å². The van der Waals surface area contributed by atoms with E-state index in [1.165, 1.54) is 0 Å². The van der Waals surface area contributed by atoms with Crippen molar-refractivity contribution in [1.82, 2.24) is 19.6 Å². The van der Waals surface area contributed by atoms with E-state index in [0.29, 0.717) is 30.0 Å². The van der Waals surface area contributed by atoms with Gasteiger partial charge < -0.3 is 14.2 Å². The van der Waals surface area contributed by atoms with Gasteiger partial charge in [-0.25, -0.2) is 9.37 Å². The third-order valence-corrected chi connectivity index (χ3v) is 5.53. The van der Waals surface area contributed by atoms with Crippen molar-refractivity contribution in [3.8, 4) is 34.0 Å². The highest BCUT2D eigenvalue weighted by molar-refractivity contribution is 5.74. The minimum atomic E-state index is -0.960. The molecule has 152 valence electrons. The molecule has 1 aromatic carbocycles. The first-order chi connectivity index (χ1) is 14.7. The van der Waals surface area contributed by atoms with Gasteiger partial charge in [0.05, 0.1) is 5.69 Å². The molecule has 6 nitrogen and oxygen atoms in total. The van der Waals surface area contributed by atoms with Crippen molar-refractivity contribution in [2.75, 3.05) is 0 Å². The number of phenolic OH excluding ortho intramolecular Hbond substituents is 1. The molecule has 0 bridgehead atoms. The molecular formula is C23H21FN4O2. The maximum atomic E-state index is 14.0. The second-order valence-corrected chi connectivity index (χ2v) is 7.56. The van der Waals surface area contributed by atoms with Gasteiger partial charge in [-0.2, -0.15) is 0 Å². The van der Waals surface area contributed by atoms with Gasteiger partial charge in [0.1, 0.15) is 23.7 Å². The quantitative estimate of drug-likeness (QED) is 0.528. The predicted molar refractivity (Wildman–Crippen MR) is 111 cm³/mol. The van der Waals surface area contributed by atoms with Crippen molar-refractivity contribution in [2.45, 2.75) is 38.0 Å². The standard InChI is InChI=1S/C23H21FN4O2/c24-18-3-1-2-4-21(18)30-23-10-8-19(26-27-23)17-7-5-15(13-20(17)29)16-6-9-22-25-11-12-28(22)14-16/h5-14,18,21,29H,1-4H2/t18-,21+/m1/s1. The van der Waals surface area contributed by atoms with Gasteiger partial charge >= 0.3 is 0 Å². The maximum Gasteiger partial charge on any atom is 0.233 e. The van der Waals surface area contributed by atoms with Crippen LogP contribution in [-0.4, -0.2) is 37.0 Å². The lowest BCUT2D eigenvalue weighted by molar-refractivity contribution is 0.0594. The highest BCUT2D eigenvalue weighted by Gasteiger charge is 2.26. The van der Waals surface area contributed by atoms with Gasteiger partial charge in [0.2, 0.25) is 5.88 Å². The zero-order valence-corrected chi connectivity index (χ0v) is 16.3. The predicted octanol–water partition coefficient (Wildman–Crippen LogP) is 4.82. The fourth-order valence-corrected chi connectivity index (χ4v) is 3.88. The van der Waals surface area contributed by atoms with Crippen LogP contribution in [0.3, 0.4) is 0 Å². The van der Waals surface area contributed by atoms with Crippen molar-refractivity contribution in [1.29, 1.82) is 0 Å². The van der Waals surface area contributed by atoms with E-state index in [1.54, 1.807) is 24.4 Å². The number of phenols is 1. The van der Waals surface area contributed by atoms with Crippen LogP contribution in [-0.2, 0) is 0 Å². The summed E-state index contributed by atoms with van der Waals surface area (Å²) in [6, 6.07) is 12.7. The third kappa shape index (κ3) is 3.58. The lowest BCUT2D eigenvalue weighted by Gasteiger charge is -2.25. The van der Waals surface area contributed by atoms with Gasteiger partial charge in [-0.15, -0.1) is 10.2 Å². The van der Waals surface area contributed by atoms with Crippen LogP contribution >= 0.6 is 0 Å². The second-order valence-electron chi connectivity index (χ2n) is 7.56. The third-order valence-electron chi connectivity index (χ3n) is 5.53. The molecule has 1 aliphatic carbocycles. The summed E-state index contributed by atoms with van der Waals surface area (Å²) in [5.74, 6) is 0.412. The first-order valence-electron chi connectivity index (χ1n) is 10.1. The van der Waals surface area contributed by atoms with E-state index in [9.17, 15) is 9.50 Å². The largest absolute Gasteiger partial charge is 0.507 e. The summed E-state index contributed by atoms with van der Waals surface area (Å²) < 4.78 is 21.6. The van der Waals surface area contributed by atoms with Gasteiger partial charge in [-0.05, 0) is 60.7 Å². The number of nitrogens with zero attached hydrogens (tertiary/aromatic N) is 4. The summed E-state index contributed by atoms with van der Waals surface area (Å²) in [6.45, 7) is 0. The molecule has 1 saturated carbocycles. The van der Waals surface area contributed by atoms with E-state index in [4.69, 9.17) is 4.74 Å². The van der Waals surface area contributed by atoms with Gasteiger partial charge in [-0.1, -0.05) is 12.5 Å². The number of imidazole rings is 1. The number of fused-ring (bicyclic) bond motifs is 1. The van der Waals surface area contributed by atoms with Crippen molar-refractivity contribution in [2.24, 2.45) is 0 Å². The molecule has 0 saturated heterocycles. The molecule has 2 atom stereocenters. The monoisotopic (exact) mass is 404 g/mol. The van der Waals surface area contributed by atoms with E-state index >= 15 is 0 Å². The molecule has 3 aromatic heterocycles.